The fourth-order valence-corrected chi connectivity index (χ4v) is 3.75. The zero-order valence-corrected chi connectivity index (χ0v) is 18.2. The number of nitrogens with zero attached hydrogens (tertiary/aromatic N) is 2. The summed E-state index contributed by atoms with van der Waals surface area (Å²) in [5, 5.41) is 6.76. The average molecular weight is 484 g/mol. The summed E-state index contributed by atoms with van der Waals surface area (Å²) in [5.74, 6) is 1.42. The molecule has 0 radical (unpaired) electrons. The minimum atomic E-state index is 0. The average Bonchev–Trinajstić information content (AvgIpc) is 3.42. The number of rotatable bonds is 7. The SMILES string of the molecule is CN=C(NCc1cccc(OC)n1)NCC1(Sc2ccccc2)CC1.I. The summed E-state index contributed by atoms with van der Waals surface area (Å²) in [6.07, 6.45) is 2.46. The van der Waals surface area contributed by atoms with Gasteiger partial charge < -0.3 is 15.4 Å². The van der Waals surface area contributed by atoms with Crippen molar-refractivity contribution < 1.29 is 4.74 Å². The van der Waals surface area contributed by atoms with Crippen molar-refractivity contribution in [2.24, 2.45) is 4.99 Å². The van der Waals surface area contributed by atoms with Crippen LogP contribution in [0.15, 0.2) is 58.4 Å². The number of hydrogen-bond acceptors (Lipinski definition) is 4. The highest BCUT2D eigenvalue weighted by molar-refractivity contribution is 14.0. The van der Waals surface area contributed by atoms with Crippen molar-refractivity contribution in [3.05, 3.63) is 54.2 Å². The molecule has 1 saturated carbocycles. The van der Waals surface area contributed by atoms with E-state index in [0.717, 1.165) is 18.2 Å². The first kappa shape index (κ1) is 20.8. The van der Waals surface area contributed by atoms with Gasteiger partial charge in [0.05, 0.1) is 19.3 Å². The Morgan fingerprint density at radius 3 is 2.58 bits per heavy atom. The van der Waals surface area contributed by atoms with E-state index in [9.17, 15) is 0 Å². The van der Waals surface area contributed by atoms with Crippen LogP contribution in [0.2, 0.25) is 0 Å². The van der Waals surface area contributed by atoms with Gasteiger partial charge in [0.25, 0.3) is 0 Å². The molecule has 1 aliphatic carbocycles. The first-order valence-electron chi connectivity index (χ1n) is 8.41. The Kier molecular flexibility index (Phi) is 8.02. The zero-order chi connectivity index (χ0) is 17.5. The van der Waals surface area contributed by atoms with Gasteiger partial charge in [-0.3, -0.25) is 4.99 Å². The molecule has 0 bridgehead atoms. The zero-order valence-electron chi connectivity index (χ0n) is 15.1. The van der Waals surface area contributed by atoms with E-state index in [-0.39, 0.29) is 28.7 Å². The van der Waals surface area contributed by atoms with E-state index in [1.807, 2.05) is 30.0 Å². The Balaban J connectivity index is 0.00000243. The fraction of sp³-hybridized carbons (Fsp3) is 0.368. The van der Waals surface area contributed by atoms with E-state index in [4.69, 9.17) is 4.74 Å². The standard InChI is InChI=1S/C19H24N4OS.HI/c1-20-18(21-13-15-7-6-10-17(23-15)24-2)22-14-19(11-12-19)25-16-8-4-3-5-9-16;/h3-10H,11-14H2,1-2H3,(H2,20,21,22);1H. The number of methoxy groups -OCH3 is 1. The van der Waals surface area contributed by atoms with Crippen LogP contribution in [0.25, 0.3) is 0 Å². The Morgan fingerprint density at radius 2 is 1.92 bits per heavy atom. The summed E-state index contributed by atoms with van der Waals surface area (Å²) >= 11 is 1.95. The van der Waals surface area contributed by atoms with Crippen molar-refractivity contribution in [1.82, 2.24) is 15.6 Å². The van der Waals surface area contributed by atoms with E-state index in [1.54, 1.807) is 14.2 Å². The van der Waals surface area contributed by atoms with Crippen LogP contribution in [-0.4, -0.2) is 36.4 Å². The third kappa shape index (κ3) is 6.05. The first-order chi connectivity index (χ1) is 12.2. The first-order valence-corrected chi connectivity index (χ1v) is 9.23. The molecule has 1 fully saturated rings. The smallest absolute Gasteiger partial charge is 0.213 e. The Bertz CT molecular complexity index is 722. The Morgan fingerprint density at radius 1 is 1.15 bits per heavy atom. The van der Waals surface area contributed by atoms with E-state index in [2.05, 4.69) is 50.9 Å². The lowest BCUT2D eigenvalue weighted by Gasteiger charge is -2.18. The van der Waals surface area contributed by atoms with Crippen LogP contribution >= 0.6 is 35.7 Å². The summed E-state index contributed by atoms with van der Waals surface area (Å²) in [6, 6.07) is 16.3. The molecule has 7 heteroatoms. The number of nitrogens with one attached hydrogen (secondary N) is 2. The Labute approximate surface area is 176 Å². The number of guanidine groups is 1. The van der Waals surface area contributed by atoms with Crippen LogP contribution in [0.5, 0.6) is 5.88 Å². The predicted octanol–water partition coefficient (Wildman–Crippen LogP) is 3.70. The van der Waals surface area contributed by atoms with Gasteiger partial charge in [-0.15, -0.1) is 35.7 Å². The molecule has 0 atom stereocenters. The molecule has 5 nitrogen and oxygen atoms in total. The monoisotopic (exact) mass is 484 g/mol. The van der Waals surface area contributed by atoms with Gasteiger partial charge in [0.15, 0.2) is 5.96 Å². The maximum absolute atomic E-state index is 5.16. The summed E-state index contributed by atoms with van der Waals surface area (Å²) in [7, 11) is 3.41. The van der Waals surface area contributed by atoms with Crippen molar-refractivity contribution in [3.8, 4) is 5.88 Å². The molecule has 0 aliphatic heterocycles. The molecule has 0 saturated heterocycles. The molecule has 1 aromatic carbocycles. The predicted molar refractivity (Wildman–Crippen MR) is 119 cm³/mol. The second-order valence-corrected chi connectivity index (χ2v) is 7.59. The van der Waals surface area contributed by atoms with Gasteiger partial charge in [-0.25, -0.2) is 4.98 Å². The van der Waals surface area contributed by atoms with Crippen molar-refractivity contribution in [2.45, 2.75) is 29.0 Å². The number of thioether (sulfide) groups is 1. The van der Waals surface area contributed by atoms with Crippen molar-refractivity contribution in [1.29, 1.82) is 0 Å². The second kappa shape index (κ2) is 10.0. The molecule has 140 valence electrons. The van der Waals surface area contributed by atoms with Crippen LogP contribution in [0, 0.1) is 0 Å². The lowest BCUT2D eigenvalue weighted by molar-refractivity contribution is 0.396. The van der Waals surface area contributed by atoms with Crippen molar-refractivity contribution in [2.75, 3.05) is 20.7 Å². The molecular formula is C19H25IN4OS. The molecule has 1 heterocycles. The van der Waals surface area contributed by atoms with E-state index >= 15 is 0 Å². The van der Waals surface area contributed by atoms with Gasteiger partial charge in [-0.2, -0.15) is 0 Å². The number of hydrogen-bond donors (Lipinski definition) is 2. The highest BCUT2D eigenvalue weighted by Gasteiger charge is 2.43. The molecular weight excluding hydrogens is 459 g/mol. The summed E-state index contributed by atoms with van der Waals surface area (Å²) in [5.41, 5.74) is 0.919. The normalized spacial score (nSPS) is 14.9. The van der Waals surface area contributed by atoms with Gasteiger partial charge in [0.2, 0.25) is 5.88 Å². The maximum Gasteiger partial charge on any atom is 0.213 e. The van der Waals surface area contributed by atoms with E-state index in [1.165, 1.54) is 17.7 Å². The number of aliphatic imine (C=N–C) groups is 1. The minimum absolute atomic E-state index is 0. The third-order valence-electron chi connectivity index (χ3n) is 4.11. The van der Waals surface area contributed by atoms with E-state index < -0.39 is 0 Å². The lowest BCUT2D eigenvalue weighted by Crippen LogP contribution is -2.40. The van der Waals surface area contributed by atoms with E-state index in [0.29, 0.717) is 12.4 Å². The summed E-state index contributed by atoms with van der Waals surface area (Å²) in [6.45, 7) is 1.51. The van der Waals surface area contributed by atoms with Crippen LogP contribution in [0.1, 0.15) is 18.5 Å². The van der Waals surface area contributed by atoms with Crippen LogP contribution in [-0.2, 0) is 6.54 Å². The molecule has 1 aliphatic rings. The van der Waals surface area contributed by atoms with Crippen LogP contribution in [0.4, 0.5) is 0 Å². The van der Waals surface area contributed by atoms with Crippen LogP contribution in [0.3, 0.4) is 0 Å². The van der Waals surface area contributed by atoms with Crippen molar-refractivity contribution >= 4 is 41.7 Å². The fourth-order valence-electron chi connectivity index (χ4n) is 2.50. The number of aromatic nitrogens is 1. The maximum atomic E-state index is 5.16. The van der Waals surface area contributed by atoms with Crippen LogP contribution < -0.4 is 15.4 Å². The molecule has 2 N–H and O–H groups in total. The summed E-state index contributed by atoms with van der Waals surface area (Å²) in [4.78, 5) is 10.0. The molecule has 3 rings (SSSR count). The second-order valence-electron chi connectivity index (χ2n) is 6.05. The van der Waals surface area contributed by atoms with Gasteiger partial charge in [-0.1, -0.05) is 24.3 Å². The number of pyridine rings is 1. The highest BCUT2D eigenvalue weighted by atomic mass is 127. The number of benzene rings is 1. The lowest BCUT2D eigenvalue weighted by atomic mass is 10.3. The minimum Gasteiger partial charge on any atom is -0.481 e. The van der Waals surface area contributed by atoms with Gasteiger partial charge in [-0.05, 0) is 31.0 Å². The molecule has 0 unspecified atom stereocenters. The molecule has 0 spiro atoms. The highest BCUT2D eigenvalue weighted by Crippen LogP contribution is 2.51. The van der Waals surface area contributed by atoms with Crippen molar-refractivity contribution in [3.63, 3.8) is 0 Å². The largest absolute Gasteiger partial charge is 0.481 e. The molecule has 2 aromatic rings. The number of halogens is 1. The molecule has 26 heavy (non-hydrogen) atoms. The number of ether oxygens (including phenoxy) is 1. The van der Waals surface area contributed by atoms with Gasteiger partial charge in [0, 0.05) is 29.3 Å². The third-order valence-corrected chi connectivity index (χ3v) is 5.61. The molecule has 1 aromatic heterocycles. The Hall–Kier alpha value is -1.48. The molecule has 0 amide bonds. The topological polar surface area (TPSA) is 58.5 Å². The quantitative estimate of drug-likeness (QED) is 0.357. The van der Waals surface area contributed by atoms with Gasteiger partial charge >= 0.3 is 0 Å². The summed E-state index contributed by atoms with van der Waals surface area (Å²) < 4.78 is 5.44. The van der Waals surface area contributed by atoms with Gasteiger partial charge in [0.1, 0.15) is 0 Å².